The molecule has 5 nitrogen and oxygen atoms in total. The highest BCUT2D eigenvalue weighted by Gasteiger charge is 2.22. The van der Waals surface area contributed by atoms with Gasteiger partial charge in [-0.05, 0) is 17.2 Å². The first kappa shape index (κ1) is 16.2. The van der Waals surface area contributed by atoms with E-state index in [-0.39, 0.29) is 24.8 Å². The molecule has 0 aromatic heterocycles. The Labute approximate surface area is 141 Å². The van der Waals surface area contributed by atoms with Gasteiger partial charge in [0, 0.05) is 12.2 Å². The quantitative estimate of drug-likeness (QED) is 0.860. The van der Waals surface area contributed by atoms with Crippen LogP contribution in [0.15, 0.2) is 54.6 Å². The Balaban J connectivity index is 1.52. The van der Waals surface area contributed by atoms with Gasteiger partial charge in [-0.2, -0.15) is 0 Å². The van der Waals surface area contributed by atoms with Crippen LogP contribution in [-0.2, 0) is 27.5 Å². The van der Waals surface area contributed by atoms with Crippen LogP contribution < -0.4 is 5.32 Å². The number of hydrogen-bond donors (Lipinski definition) is 1. The first-order valence-corrected chi connectivity index (χ1v) is 7.99. The van der Waals surface area contributed by atoms with Gasteiger partial charge in [0.25, 0.3) is 0 Å². The molecule has 0 saturated carbocycles. The topological polar surface area (TPSA) is 58.6 Å². The molecule has 1 aliphatic rings. The lowest BCUT2D eigenvalue weighted by molar-refractivity contribution is -0.136. The van der Waals surface area contributed by atoms with Crippen LogP contribution in [0.2, 0.25) is 0 Å². The van der Waals surface area contributed by atoms with Crippen molar-refractivity contribution in [2.24, 2.45) is 0 Å². The fourth-order valence-corrected chi connectivity index (χ4v) is 2.66. The van der Waals surface area contributed by atoms with Crippen molar-refractivity contribution >= 4 is 17.5 Å². The van der Waals surface area contributed by atoms with E-state index in [9.17, 15) is 9.59 Å². The fraction of sp³-hybridized carbons (Fsp3) is 0.263. The Hall–Kier alpha value is -2.66. The number of rotatable bonds is 5. The molecule has 0 bridgehead atoms. The van der Waals surface area contributed by atoms with Crippen molar-refractivity contribution in [1.29, 1.82) is 0 Å². The Morgan fingerprint density at radius 1 is 1.04 bits per heavy atom. The minimum absolute atomic E-state index is 0.0742. The summed E-state index contributed by atoms with van der Waals surface area (Å²) in [6, 6.07) is 17.4. The number of fused-ring (bicyclic) bond motifs is 1. The maximum Gasteiger partial charge on any atom is 0.244 e. The van der Waals surface area contributed by atoms with E-state index in [2.05, 4.69) is 5.32 Å². The van der Waals surface area contributed by atoms with Gasteiger partial charge in [0.2, 0.25) is 11.8 Å². The molecular weight excluding hydrogens is 304 g/mol. The lowest BCUT2D eigenvalue weighted by Crippen LogP contribution is -2.35. The highest BCUT2D eigenvalue weighted by atomic mass is 16.5. The molecule has 5 heteroatoms. The van der Waals surface area contributed by atoms with E-state index in [4.69, 9.17) is 4.74 Å². The SMILES string of the molecule is O=C1CN(C(=O)CCOCc2ccccc2)Cc2ccccc2N1. The van der Waals surface area contributed by atoms with Crippen LogP contribution in [0, 0.1) is 0 Å². The third-order valence-corrected chi connectivity index (χ3v) is 3.91. The Morgan fingerprint density at radius 2 is 1.79 bits per heavy atom. The zero-order valence-corrected chi connectivity index (χ0v) is 13.4. The third-order valence-electron chi connectivity index (χ3n) is 3.91. The summed E-state index contributed by atoms with van der Waals surface area (Å²) in [4.78, 5) is 25.9. The summed E-state index contributed by atoms with van der Waals surface area (Å²) in [5, 5.41) is 2.83. The number of nitrogens with zero attached hydrogens (tertiary/aromatic N) is 1. The van der Waals surface area contributed by atoms with Gasteiger partial charge in [-0.15, -0.1) is 0 Å². The lowest BCUT2D eigenvalue weighted by atomic mass is 10.1. The normalized spacial score (nSPS) is 13.8. The van der Waals surface area contributed by atoms with Gasteiger partial charge >= 0.3 is 0 Å². The highest BCUT2D eigenvalue weighted by Crippen LogP contribution is 2.20. The van der Waals surface area contributed by atoms with Crippen LogP contribution in [0.4, 0.5) is 5.69 Å². The minimum atomic E-state index is -0.168. The van der Waals surface area contributed by atoms with E-state index >= 15 is 0 Å². The number of benzene rings is 2. The summed E-state index contributed by atoms with van der Waals surface area (Å²) in [5.74, 6) is -0.242. The number of carbonyl (C=O) groups is 2. The van der Waals surface area contributed by atoms with E-state index in [0.29, 0.717) is 19.8 Å². The predicted octanol–water partition coefficient (Wildman–Crippen LogP) is 2.57. The van der Waals surface area contributed by atoms with Crippen molar-refractivity contribution < 1.29 is 14.3 Å². The van der Waals surface area contributed by atoms with Crippen molar-refractivity contribution in [3.63, 3.8) is 0 Å². The Bertz CT molecular complexity index is 716. The van der Waals surface area contributed by atoms with E-state index in [0.717, 1.165) is 16.8 Å². The summed E-state index contributed by atoms with van der Waals surface area (Å²) in [7, 11) is 0. The maximum absolute atomic E-state index is 12.4. The molecule has 1 aliphatic heterocycles. The van der Waals surface area contributed by atoms with Gasteiger partial charge in [0.1, 0.15) is 6.54 Å². The van der Waals surface area contributed by atoms with E-state index in [1.807, 2.05) is 54.6 Å². The molecule has 24 heavy (non-hydrogen) atoms. The van der Waals surface area contributed by atoms with Crippen molar-refractivity contribution in [2.75, 3.05) is 18.5 Å². The number of nitrogens with one attached hydrogen (secondary N) is 1. The molecule has 1 heterocycles. The van der Waals surface area contributed by atoms with E-state index in [1.165, 1.54) is 0 Å². The second-order valence-electron chi connectivity index (χ2n) is 5.74. The second kappa shape index (κ2) is 7.75. The van der Waals surface area contributed by atoms with Crippen molar-refractivity contribution in [3.05, 3.63) is 65.7 Å². The fourth-order valence-electron chi connectivity index (χ4n) is 2.66. The van der Waals surface area contributed by atoms with E-state index in [1.54, 1.807) is 4.90 Å². The molecule has 0 radical (unpaired) electrons. The van der Waals surface area contributed by atoms with E-state index < -0.39 is 0 Å². The smallest absolute Gasteiger partial charge is 0.244 e. The summed E-state index contributed by atoms with van der Waals surface area (Å²) in [6.07, 6.45) is 0.266. The van der Waals surface area contributed by atoms with Gasteiger partial charge < -0.3 is 15.0 Å². The molecule has 1 N–H and O–H groups in total. The number of para-hydroxylation sites is 1. The molecule has 0 atom stereocenters. The summed E-state index contributed by atoms with van der Waals surface area (Å²) in [6.45, 7) is 1.34. The molecule has 0 aliphatic carbocycles. The monoisotopic (exact) mass is 324 g/mol. The van der Waals surface area contributed by atoms with Gasteiger partial charge in [0.05, 0.1) is 19.6 Å². The predicted molar refractivity (Wildman–Crippen MR) is 91.2 cm³/mol. The number of hydrogen-bond acceptors (Lipinski definition) is 3. The molecule has 3 rings (SSSR count). The zero-order valence-electron chi connectivity index (χ0n) is 13.4. The van der Waals surface area contributed by atoms with Crippen molar-refractivity contribution in [3.8, 4) is 0 Å². The Morgan fingerprint density at radius 3 is 2.62 bits per heavy atom. The maximum atomic E-state index is 12.4. The number of anilines is 1. The van der Waals surface area contributed by atoms with Gasteiger partial charge in [-0.25, -0.2) is 0 Å². The highest BCUT2D eigenvalue weighted by molar-refractivity contribution is 5.96. The average molecular weight is 324 g/mol. The largest absolute Gasteiger partial charge is 0.376 e. The zero-order chi connectivity index (χ0) is 16.8. The molecule has 2 aromatic rings. The van der Waals surface area contributed by atoms with Crippen LogP contribution in [0.1, 0.15) is 17.5 Å². The molecule has 0 unspecified atom stereocenters. The van der Waals surface area contributed by atoms with Crippen LogP contribution in [0.3, 0.4) is 0 Å². The molecule has 124 valence electrons. The van der Waals surface area contributed by atoms with Crippen molar-refractivity contribution in [2.45, 2.75) is 19.6 Å². The van der Waals surface area contributed by atoms with Crippen LogP contribution in [0.5, 0.6) is 0 Å². The van der Waals surface area contributed by atoms with Crippen LogP contribution in [-0.4, -0.2) is 29.9 Å². The lowest BCUT2D eigenvalue weighted by Gasteiger charge is -2.19. The second-order valence-corrected chi connectivity index (χ2v) is 5.74. The van der Waals surface area contributed by atoms with Crippen molar-refractivity contribution in [1.82, 2.24) is 4.90 Å². The number of carbonyl (C=O) groups excluding carboxylic acids is 2. The number of amides is 2. The molecule has 2 aromatic carbocycles. The van der Waals surface area contributed by atoms with Crippen LogP contribution in [0.25, 0.3) is 0 Å². The first-order valence-electron chi connectivity index (χ1n) is 7.99. The minimum Gasteiger partial charge on any atom is -0.376 e. The molecular formula is C19H20N2O3. The summed E-state index contributed by atoms with van der Waals surface area (Å²) >= 11 is 0. The first-order chi connectivity index (χ1) is 11.7. The molecule has 0 saturated heterocycles. The number of ether oxygens (including phenoxy) is 1. The van der Waals surface area contributed by atoms with Crippen LogP contribution >= 0.6 is 0 Å². The average Bonchev–Trinajstić information content (AvgIpc) is 2.77. The van der Waals surface area contributed by atoms with Gasteiger partial charge in [-0.1, -0.05) is 48.5 Å². The van der Waals surface area contributed by atoms with Gasteiger partial charge in [-0.3, -0.25) is 9.59 Å². The molecule has 0 fully saturated rings. The Kier molecular flexibility index (Phi) is 5.23. The summed E-state index contributed by atoms with van der Waals surface area (Å²) in [5.41, 5.74) is 2.80. The molecule has 2 amide bonds. The van der Waals surface area contributed by atoms with Gasteiger partial charge in [0.15, 0.2) is 0 Å². The molecule has 0 spiro atoms. The third kappa shape index (κ3) is 4.20. The summed E-state index contributed by atoms with van der Waals surface area (Å²) < 4.78 is 5.56. The standard InChI is InChI=1S/C19H20N2O3/c22-18-13-21(12-16-8-4-5-9-17(16)20-18)19(23)10-11-24-14-15-6-2-1-3-7-15/h1-9H,10-14H2,(H,20,22).